The molecule has 1 aromatic carbocycles. The van der Waals surface area contributed by atoms with E-state index in [2.05, 4.69) is 25.2 Å². The maximum Gasteiger partial charge on any atom is 0.245 e. The van der Waals surface area contributed by atoms with Crippen LogP contribution in [0.2, 0.25) is 0 Å². The lowest BCUT2D eigenvalue weighted by molar-refractivity contribution is -0.120. The molecular weight excluding hydrogens is 370 g/mol. The van der Waals surface area contributed by atoms with Gasteiger partial charge in [-0.25, -0.2) is 18.0 Å². The quantitative estimate of drug-likeness (QED) is 0.723. The zero-order valence-electron chi connectivity index (χ0n) is 14.3. The van der Waals surface area contributed by atoms with Crippen molar-refractivity contribution in [3.63, 3.8) is 0 Å². The van der Waals surface area contributed by atoms with Crippen LogP contribution in [0.15, 0.2) is 52.1 Å². The van der Waals surface area contributed by atoms with Crippen molar-refractivity contribution < 1.29 is 17.8 Å². The van der Waals surface area contributed by atoms with Crippen molar-refractivity contribution in [2.45, 2.75) is 17.7 Å². The highest BCUT2D eigenvalue weighted by atomic mass is 32.2. The summed E-state index contributed by atoms with van der Waals surface area (Å²) in [7, 11) is -3.74. The molecule has 27 heavy (non-hydrogen) atoms. The number of carbonyl (C=O) groups is 1. The zero-order chi connectivity index (χ0) is 18.9. The molecule has 4 rings (SSSR count). The van der Waals surface area contributed by atoms with E-state index in [1.54, 1.807) is 36.5 Å². The van der Waals surface area contributed by atoms with Gasteiger partial charge in [-0.05, 0) is 47.4 Å². The van der Waals surface area contributed by atoms with Gasteiger partial charge in [0.2, 0.25) is 15.9 Å². The summed E-state index contributed by atoms with van der Waals surface area (Å²) >= 11 is 0. The average Bonchev–Trinajstić information content (AvgIpc) is 3.17. The number of anilines is 1. The maximum absolute atomic E-state index is 13.0. The van der Waals surface area contributed by atoms with Crippen molar-refractivity contribution in [3.05, 3.63) is 42.6 Å². The molecular formula is C17H17N5O4S. The highest BCUT2D eigenvalue weighted by Crippen LogP contribution is 2.27. The Morgan fingerprint density at radius 2 is 1.93 bits per heavy atom. The highest BCUT2D eigenvalue weighted by molar-refractivity contribution is 7.89. The van der Waals surface area contributed by atoms with Gasteiger partial charge in [0, 0.05) is 25.2 Å². The van der Waals surface area contributed by atoms with Gasteiger partial charge >= 0.3 is 0 Å². The normalized spacial score (nSPS) is 16.4. The first kappa shape index (κ1) is 17.6. The summed E-state index contributed by atoms with van der Waals surface area (Å²) in [6, 6.07) is 10.00. The smallest absolute Gasteiger partial charge is 0.245 e. The first-order valence-electron chi connectivity index (χ1n) is 8.49. The molecule has 3 heterocycles. The van der Waals surface area contributed by atoms with E-state index in [-0.39, 0.29) is 35.3 Å². The first-order valence-corrected chi connectivity index (χ1v) is 9.93. The number of nitrogens with one attached hydrogen (secondary N) is 1. The number of hydrogen-bond acceptors (Lipinski definition) is 7. The summed E-state index contributed by atoms with van der Waals surface area (Å²) in [4.78, 5) is 16.5. The molecule has 9 nitrogen and oxygen atoms in total. The summed E-state index contributed by atoms with van der Waals surface area (Å²) < 4.78 is 32.0. The van der Waals surface area contributed by atoms with Crippen LogP contribution < -0.4 is 5.32 Å². The van der Waals surface area contributed by atoms with Crippen LogP contribution in [0.3, 0.4) is 0 Å². The molecule has 0 bridgehead atoms. The molecule has 140 valence electrons. The molecule has 3 aromatic rings. The van der Waals surface area contributed by atoms with Gasteiger partial charge in [0.25, 0.3) is 0 Å². The second kappa shape index (κ2) is 7.05. The average molecular weight is 387 g/mol. The van der Waals surface area contributed by atoms with Crippen LogP contribution in [-0.2, 0) is 14.8 Å². The third-order valence-corrected chi connectivity index (χ3v) is 6.54. The van der Waals surface area contributed by atoms with Gasteiger partial charge in [-0.3, -0.25) is 4.79 Å². The highest BCUT2D eigenvalue weighted by Gasteiger charge is 2.33. The largest absolute Gasteiger partial charge is 0.310 e. The second-order valence-corrected chi connectivity index (χ2v) is 8.18. The van der Waals surface area contributed by atoms with Crippen LogP contribution in [0, 0.1) is 5.92 Å². The van der Waals surface area contributed by atoms with Gasteiger partial charge in [-0.2, -0.15) is 4.31 Å². The maximum atomic E-state index is 13.0. The minimum Gasteiger partial charge on any atom is -0.310 e. The van der Waals surface area contributed by atoms with Gasteiger partial charge in [-0.15, -0.1) is 0 Å². The van der Waals surface area contributed by atoms with Gasteiger partial charge in [0.1, 0.15) is 16.2 Å². The molecule has 1 aliphatic heterocycles. The van der Waals surface area contributed by atoms with Gasteiger partial charge in [0.05, 0.1) is 0 Å². The van der Waals surface area contributed by atoms with Crippen molar-refractivity contribution in [3.8, 4) is 0 Å². The molecule has 0 unspecified atom stereocenters. The molecule has 1 N–H and O–H groups in total. The van der Waals surface area contributed by atoms with E-state index < -0.39 is 10.0 Å². The molecule has 0 atom stereocenters. The predicted octanol–water partition coefficient (Wildman–Crippen LogP) is 1.66. The fourth-order valence-corrected chi connectivity index (χ4v) is 4.76. The Morgan fingerprint density at radius 3 is 2.67 bits per heavy atom. The lowest BCUT2D eigenvalue weighted by atomic mass is 9.97. The van der Waals surface area contributed by atoms with Crippen molar-refractivity contribution in [1.29, 1.82) is 0 Å². The predicted molar refractivity (Wildman–Crippen MR) is 96.2 cm³/mol. The van der Waals surface area contributed by atoms with Gasteiger partial charge < -0.3 is 5.32 Å². The minimum atomic E-state index is -3.74. The molecule has 2 aromatic heterocycles. The fraction of sp³-hybridized carbons (Fsp3) is 0.294. The number of benzene rings is 1. The third kappa shape index (κ3) is 3.40. The van der Waals surface area contributed by atoms with Crippen molar-refractivity contribution >= 4 is 32.8 Å². The van der Waals surface area contributed by atoms with Crippen LogP contribution in [-0.4, -0.2) is 47.0 Å². The number of rotatable bonds is 4. The van der Waals surface area contributed by atoms with E-state index in [1.807, 2.05) is 0 Å². The molecule has 0 aliphatic carbocycles. The Bertz CT molecular complexity index is 1060. The van der Waals surface area contributed by atoms with Gasteiger partial charge in [-0.1, -0.05) is 12.1 Å². The Hall–Kier alpha value is -2.85. The van der Waals surface area contributed by atoms with E-state index in [9.17, 15) is 13.2 Å². The lowest BCUT2D eigenvalue weighted by Gasteiger charge is -2.30. The van der Waals surface area contributed by atoms with Crippen molar-refractivity contribution in [2.24, 2.45) is 5.92 Å². The molecule has 0 radical (unpaired) electrons. The summed E-state index contributed by atoms with van der Waals surface area (Å²) in [6.07, 6.45) is 2.47. The molecule has 1 amide bonds. The summed E-state index contributed by atoms with van der Waals surface area (Å²) in [5.74, 6) is 0.0827. The summed E-state index contributed by atoms with van der Waals surface area (Å²) in [5.41, 5.74) is 0.605. The molecule has 1 aliphatic rings. The van der Waals surface area contributed by atoms with Crippen LogP contribution in [0.25, 0.3) is 11.0 Å². The van der Waals surface area contributed by atoms with Crippen LogP contribution in [0.5, 0.6) is 0 Å². The fourth-order valence-electron chi connectivity index (χ4n) is 3.15. The topological polar surface area (TPSA) is 118 Å². The lowest BCUT2D eigenvalue weighted by Crippen LogP contribution is -2.41. The molecule has 0 saturated carbocycles. The number of amides is 1. The number of pyridine rings is 1. The standard InChI is InChI=1S/C17H17N5O4S/c23-17(19-15-6-1-2-9-18-15)12-7-10-22(11-8-12)27(24,25)14-5-3-4-13-16(14)21-26-20-13/h1-6,9,12H,7-8,10-11H2,(H,18,19,23). The van der Waals surface area contributed by atoms with Crippen molar-refractivity contribution in [1.82, 2.24) is 19.6 Å². The van der Waals surface area contributed by atoms with Crippen molar-refractivity contribution in [2.75, 3.05) is 18.4 Å². The SMILES string of the molecule is O=C(Nc1ccccn1)C1CCN(S(=O)(=O)c2cccc3nonc23)CC1. The number of fused-ring (bicyclic) bond motifs is 1. The van der Waals surface area contributed by atoms with Crippen LogP contribution >= 0.6 is 0 Å². The molecule has 0 spiro atoms. The summed E-state index contributed by atoms with van der Waals surface area (Å²) in [6.45, 7) is 0.509. The van der Waals surface area contributed by atoms with E-state index >= 15 is 0 Å². The van der Waals surface area contributed by atoms with E-state index in [4.69, 9.17) is 0 Å². The molecule has 1 saturated heterocycles. The number of piperidine rings is 1. The number of aromatic nitrogens is 3. The summed E-state index contributed by atoms with van der Waals surface area (Å²) in [5, 5.41) is 10.2. The number of sulfonamides is 1. The van der Waals surface area contributed by atoms with Crippen LogP contribution in [0.1, 0.15) is 12.8 Å². The second-order valence-electron chi connectivity index (χ2n) is 6.27. The zero-order valence-corrected chi connectivity index (χ0v) is 15.1. The number of carbonyl (C=O) groups excluding carboxylic acids is 1. The number of hydrogen-bond donors (Lipinski definition) is 1. The van der Waals surface area contributed by atoms with Crippen LogP contribution in [0.4, 0.5) is 5.82 Å². The monoisotopic (exact) mass is 387 g/mol. The first-order chi connectivity index (χ1) is 13.1. The van der Waals surface area contributed by atoms with E-state index in [0.29, 0.717) is 24.2 Å². The molecule has 10 heteroatoms. The Morgan fingerprint density at radius 1 is 1.11 bits per heavy atom. The third-order valence-electron chi connectivity index (χ3n) is 4.61. The number of nitrogens with zero attached hydrogens (tertiary/aromatic N) is 4. The molecule has 1 fully saturated rings. The Labute approximate surface area is 155 Å². The Balaban J connectivity index is 1.46. The van der Waals surface area contributed by atoms with E-state index in [0.717, 1.165) is 0 Å². The van der Waals surface area contributed by atoms with E-state index in [1.165, 1.54) is 10.4 Å². The minimum absolute atomic E-state index is 0.0673. The van der Waals surface area contributed by atoms with Gasteiger partial charge in [0.15, 0.2) is 5.52 Å². The Kier molecular flexibility index (Phi) is 4.58.